The van der Waals surface area contributed by atoms with Gasteiger partial charge in [0.2, 0.25) is 0 Å². The number of carbonyl (C=O) groups is 2. The molecule has 0 radical (unpaired) electrons. The Hall–Kier alpha value is -1.79. The number of ether oxygens (including phenoxy) is 1. The van der Waals surface area contributed by atoms with Crippen LogP contribution >= 0.6 is 11.6 Å². The first kappa shape index (κ1) is 16.6. The summed E-state index contributed by atoms with van der Waals surface area (Å²) in [7, 11) is 0. The van der Waals surface area contributed by atoms with Gasteiger partial charge in [0.25, 0.3) is 5.91 Å². The molecule has 1 aromatic carbocycles. The molecule has 1 heterocycles. The third-order valence-electron chi connectivity index (χ3n) is 3.36. The maximum atomic E-state index is 12.1. The Bertz CT molecular complexity index is 602. The first-order valence-corrected chi connectivity index (χ1v) is 7.21. The Labute approximate surface area is 133 Å². The highest BCUT2D eigenvalue weighted by Crippen LogP contribution is 2.30. The number of carboxylic acid groups (broad SMARTS) is 1. The van der Waals surface area contributed by atoms with Crippen LogP contribution in [0.1, 0.15) is 26.3 Å². The van der Waals surface area contributed by atoms with Crippen LogP contribution in [0.15, 0.2) is 18.2 Å². The largest absolute Gasteiger partial charge is 0.479 e. The molecule has 1 atom stereocenters. The van der Waals surface area contributed by atoms with Crippen molar-refractivity contribution in [2.45, 2.75) is 33.4 Å². The van der Waals surface area contributed by atoms with Gasteiger partial charge in [0.1, 0.15) is 5.75 Å². The van der Waals surface area contributed by atoms with Gasteiger partial charge in [-0.15, -0.1) is 0 Å². The van der Waals surface area contributed by atoms with E-state index in [0.717, 1.165) is 5.56 Å². The van der Waals surface area contributed by atoms with Crippen LogP contribution in [0.2, 0.25) is 5.02 Å². The Kier molecular flexibility index (Phi) is 4.63. The minimum Gasteiger partial charge on any atom is -0.479 e. The van der Waals surface area contributed by atoms with Gasteiger partial charge < -0.3 is 9.84 Å². The highest BCUT2D eigenvalue weighted by atomic mass is 35.5. The molecule has 2 rings (SSSR count). The fraction of sp³-hybridized carbons (Fsp3) is 0.467. The molecule has 6 nitrogen and oxygen atoms in total. The first-order valence-electron chi connectivity index (χ1n) is 6.83. The van der Waals surface area contributed by atoms with Crippen LogP contribution in [-0.4, -0.2) is 34.8 Å². The Balaban J connectivity index is 2.07. The van der Waals surface area contributed by atoms with Crippen LogP contribution in [-0.2, 0) is 21.0 Å². The van der Waals surface area contributed by atoms with Crippen LogP contribution in [0.3, 0.4) is 0 Å². The van der Waals surface area contributed by atoms with Crippen molar-refractivity contribution >= 4 is 23.5 Å². The molecule has 22 heavy (non-hydrogen) atoms. The lowest BCUT2D eigenvalue weighted by molar-refractivity contribution is -0.165. The second-order valence-electron chi connectivity index (χ2n) is 5.86. The third kappa shape index (κ3) is 3.51. The van der Waals surface area contributed by atoms with Gasteiger partial charge in [-0.2, -0.15) is 0 Å². The number of hydrogen-bond acceptors (Lipinski definition) is 4. The molecule has 1 saturated heterocycles. The van der Waals surface area contributed by atoms with E-state index in [-0.39, 0.29) is 23.2 Å². The van der Waals surface area contributed by atoms with Crippen molar-refractivity contribution in [1.29, 1.82) is 0 Å². The Morgan fingerprint density at radius 2 is 2.23 bits per heavy atom. The normalized spacial score (nSPS) is 18.4. The summed E-state index contributed by atoms with van der Waals surface area (Å²) in [4.78, 5) is 28.2. The van der Waals surface area contributed by atoms with E-state index in [1.807, 2.05) is 13.8 Å². The van der Waals surface area contributed by atoms with Crippen molar-refractivity contribution in [2.24, 2.45) is 5.41 Å². The summed E-state index contributed by atoms with van der Waals surface area (Å²) in [6, 6.07) is 4.94. The summed E-state index contributed by atoms with van der Waals surface area (Å²) in [6.07, 6.45) is -0.993. The maximum Gasteiger partial charge on any atom is 0.344 e. The molecule has 0 spiro atoms. The number of amides is 1. The van der Waals surface area contributed by atoms with E-state index >= 15 is 0 Å². The SMILES string of the molecule is CC(Oc1ccc(CN2OCC(C)(C)C2=O)cc1Cl)C(=O)O. The number of halogens is 1. The van der Waals surface area contributed by atoms with Crippen molar-refractivity contribution in [3.8, 4) is 5.75 Å². The lowest BCUT2D eigenvalue weighted by Gasteiger charge is -2.17. The molecular weight excluding hydrogens is 310 g/mol. The minimum absolute atomic E-state index is 0.0801. The number of carboxylic acids is 1. The lowest BCUT2D eigenvalue weighted by Crippen LogP contribution is -2.30. The van der Waals surface area contributed by atoms with Gasteiger partial charge in [0, 0.05) is 0 Å². The van der Waals surface area contributed by atoms with Gasteiger partial charge in [0.15, 0.2) is 6.10 Å². The average Bonchev–Trinajstić information content (AvgIpc) is 2.68. The molecule has 120 valence electrons. The van der Waals surface area contributed by atoms with Crippen LogP contribution in [0.4, 0.5) is 0 Å². The molecule has 7 heteroatoms. The average molecular weight is 328 g/mol. The molecular formula is C15H18ClNO5. The number of hydrogen-bond donors (Lipinski definition) is 1. The number of hydroxylamine groups is 2. The standard InChI is InChI=1S/C15H18ClNO5/c1-9(13(18)19)22-12-5-4-10(6-11(12)16)7-17-14(20)15(2,3)8-21-17/h4-6,9H,7-8H2,1-3H3,(H,18,19). The second-order valence-corrected chi connectivity index (χ2v) is 6.27. The lowest BCUT2D eigenvalue weighted by atomic mass is 9.95. The van der Waals surface area contributed by atoms with Crippen LogP contribution < -0.4 is 4.74 Å². The Morgan fingerprint density at radius 3 is 2.73 bits per heavy atom. The fourth-order valence-electron chi connectivity index (χ4n) is 1.96. The molecule has 1 aromatic rings. The van der Waals surface area contributed by atoms with Gasteiger partial charge in [-0.1, -0.05) is 17.7 Å². The summed E-state index contributed by atoms with van der Waals surface area (Å²) in [6.45, 7) is 5.69. The monoisotopic (exact) mass is 327 g/mol. The van der Waals surface area contributed by atoms with E-state index in [0.29, 0.717) is 6.61 Å². The number of aliphatic carboxylic acids is 1. The molecule has 1 aliphatic rings. The molecule has 1 unspecified atom stereocenters. The predicted molar refractivity (Wildman–Crippen MR) is 79.5 cm³/mol. The minimum atomic E-state index is -1.07. The summed E-state index contributed by atoms with van der Waals surface area (Å²) in [5, 5.41) is 10.4. The van der Waals surface area contributed by atoms with E-state index in [9.17, 15) is 9.59 Å². The van der Waals surface area contributed by atoms with Gasteiger partial charge in [0.05, 0.1) is 23.6 Å². The smallest absolute Gasteiger partial charge is 0.344 e. The van der Waals surface area contributed by atoms with Gasteiger partial charge >= 0.3 is 5.97 Å². The summed E-state index contributed by atoms with van der Waals surface area (Å²) < 4.78 is 5.24. The zero-order valence-electron chi connectivity index (χ0n) is 12.6. The molecule has 1 aliphatic heterocycles. The van der Waals surface area contributed by atoms with Crippen molar-refractivity contribution < 1.29 is 24.3 Å². The summed E-state index contributed by atoms with van der Waals surface area (Å²) >= 11 is 6.09. The Morgan fingerprint density at radius 1 is 1.55 bits per heavy atom. The molecule has 1 fully saturated rings. The molecule has 0 saturated carbocycles. The number of rotatable bonds is 5. The van der Waals surface area contributed by atoms with Gasteiger partial charge in [-0.05, 0) is 38.5 Å². The zero-order valence-corrected chi connectivity index (χ0v) is 13.4. The maximum absolute atomic E-state index is 12.1. The fourth-order valence-corrected chi connectivity index (χ4v) is 2.21. The van der Waals surface area contributed by atoms with Crippen molar-refractivity contribution in [3.63, 3.8) is 0 Å². The molecule has 1 amide bonds. The number of nitrogens with zero attached hydrogens (tertiary/aromatic N) is 1. The quantitative estimate of drug-likeness (QED) is 0.899. The highest BCUT2D eigenvalue weighted by molar-refractivity contribution is 6.32. The van der Waals surface area contributed by atoms with E-state index in [2.05, 4.69) is 0 Å². The predicted octanol–water partition coefficient (Wildman–Crippen LogP) is 2.49. The van der Waals surface area contributed by atoms with E-state index in [4.69, 9.17) is 26.3 Å². The van der Waals surface area contributed by atoms with E-state index < -0.39 is 17.5 Å². The van der Waals surface area contributed by atoms with Crippen molar-refractivity contribution in [1.82, 2.24) is 5.06 Å². The van der Waals surface area contributed by atoms with Crippen LogP contribution in [0.25, 0.3) is 0 Å². The molecule has 0 bridgehead atoms. The first-order chi connectivity index (χ1) is 10.2. The van der Waals surface area contributed by atoms with Crippen LogP contribution in [0.5, 0.6) is 5.75 Å². The third-order valence-corrected chi connectivity index (χ3v) is 3.66. The second kappa shape index (κ2) is 6.14. The highest BCUT2D eigenvalue weighted by Gasteiger charge is 2.40. The van der Waals surface area contributed by atoms with Gasteiger partial charge in [-0.3, -0.25) is 9.63 Å². The summed E-state index contributed by atoms with van der Waals surface area (Å²) in [5.41, 5.74) is 0.246. The zero-order chi connectivity index (χ0) is 16.5. The van der Waals surface area contributed by atoms with Crippen LogP contribution in [0, 0.1) is 5.41 Å². The number of benzene rings is 1. The molecule has 0 aliphatic carbocycles. The summed E-state index contributed by atoms with van der Waals surface area (Å²) in [5.74, 6) is -0.865. The van der Waals surface area contributed by atoms with E-state index in [1.165, 1.54) is 12.0 Å². The molecule has 0 aromatic heterocycles. The number of carbonyl (C=O) groups excluding carboxylic acids is 1. The van der Waals surface area contributed by atoms with E-state index in [1.54, 1.807) is 18.2 Å². The molecule has 1 N–H and O–H groups in total. The topological polar surface area (TPSA) is 76.1 Å². The van der Waals surface area contributed by atoms with Crippen molar-refractivity contribution in [3.05, 3.63) is 28.8 Å². The van der Waals surface area contributed by atoms with Gasteiger partial charge in [-0.25, -0.2) is 9.86 Å². The van der Waals surface area contributed by atoms with Crippen molar-refractivity contribution in [2.75, 3.05) is 6.61 Å².